The number of carbonyl (C=O) groups is 4. The predicted molar refractivity (Wildman–Crippen MR) is 156 cm³/mol. The van der Waals surface area contributed by atoms with E-state index in [0.717, 1.165) is 11.1 Å². The maximum Gasteiger partial charge on any atom is 0.437 e. The van der Waals surface area contributed by atoms with Crippen LogP contribution in [0.2, 0.25) is 0 Å². The molecule has 0 saturated carbocycles. The third-order valence-corrected chi connectivity index (χ3v) is 6.17. The topological polar surface area (TPSA) is 136 Å². The Balaban J connectivity index is 1.25. The molecule has 0 unspecified atom stereocenters. The van der Waals surface area contributed by atoms with Crippen molar-refractivity contribution in [1.82, 2.24) is 0 Å². The maximum absolute atomic E-state index is 12.1. The van der Waals surface area contributed by atoms with E-state index < -0.39 is 12.2 Å². The molecule has 2 aliphatic carbocycles. The van der Waals surface area contributed by atoms with Crippen LogP contribution in [0.15, 0.2) is 105 Å². The molecule has 0 saturated heterocycles. The van der Waals surface area contributed by atoms with E-state index in [0.29, 0.717) is 51.5 Å². The average molecular weight is 553 g/mol. The van der Waals surface area contributed by atoms with Gasteiger partial charge in [0.1, 0.15) is 11.4 Å². The summed E-state index contributed by atoms with van der Waals surface area (Å²) in [5, 5.41) is 12.8. The highest BCUT2D eigenvalue weighted by Gasteiger charge is 2.16. The Morgan fingerprint density at radius 3 is 1.22 bits per heavy atom. The monoisotopic (exact) mass is 552 g/mol. The fraction of sp³-hybridized carbons (Fsp3) is 0.161. The van der Waals surface area contributed by atoms with E-state index in [2.05, 4.69) is 20.9 Å². The highest BCUT2D eigenvalue weighted by molar-refractivity contribution is 6.22. The van der Waals surface area contributed by atoms with Crippen LogP contribution in [0.5, 0.6) is 0 Å². The number of anilines is 2. The normalized spacial score (nSPS) is 14.7. The third-order valence-electron chi connectivity index (χ3n) is 6.17. The van der Waals surface area contributed by atoms with Crippen LogP contribution < -0.4 is 10.6 Å². The van der Waals surface area contributed by atoms with Gasteiger partial charge in [0.25, 0.3) is 0 Å². The zero-order valence-corrected chi connectivity index (χ0v) is 23.0. The van der Waals surface area contributed by atoms with Gasteiger partial charge in [-0.25, -0.2) is 9.59 Å². The number of ketones is 2. The van der Waals surface area contributed by atoms with E-state index in [4.69, 9.17) is 9.68 Å². The molecule has 0 aromatic heterocycles. The number of oxime groups is 2. The third kappa shape index (κ3) is 7.82. The van der Waals surface area contributed by atoms with Crippen LogP contribution >= 0.6 is 0 Å². The molecule has 10 nitrogen and oxygen atoms in total. The van der Waals surface area contributed by atoms with Gasteiger partial charge in [-0.15, -0.1) is 0 Å². The smallest absolute Gasteiger partial charge is 0.297 e. The first-order chi connectivity index (χ1) is 19.6. The molecule has 2 aromatic rings. The van der Waals surface area contributed by atoms with Crippen molar-refractivity contribution in [1.29, 1.82) is 0 Å². The minimum Gasteiger partial charge on any atom is -0.297 e. The molecule has 41 heavy (non-hydrogen) atoms. The van der Waals surface area contributed by atoms with Crippen molar-refractivity contribution in [3.8, 4) is 0 Å². The van der Waals surface area contributed by atoms with Gasteiger partial charge in [-0.2, -0.15) is 0 Å². The molecule has 2 aliphatic rings. The van der Waals surface area contributed by atoms with Crippen molar-refractivity contribution in [3.05, 3.63) is 106 Å². The molecular weight excluding hydrogens is 524 g/mol. The first-order valence-electron chi connectivity index (χ1n) is 12.7. The molecule has 2 amide bonds. The molecule has 0 radical (unpaired) electrons. The summed E-state index contributed by atoms with van der Waals surface area (Å²) in [6.45, 7) is 6.71. The van der Waals surface area contributed by atoms with E-state index in [9.17, 15) is 19.2 Å². The van der Waals surface area contributed by atoms with Gasteiger partial charge in [-0.1, -0.05) is 34.6 Å². The van der Waals surface area contributed by atoms with E-state index in [1.165, 1.54) is 0 Å². The van der Waals surface area contributed by atoms with E-state index >= 15 is 0 Å². The Hall–Kier alpha value is -5.38. The number of Topliss-reactive ketones (excluding diaryl/α,β-unsaturated/α-hetero) is 2. The molecule has 0 atom stereocenters. The highest BCUT2D eigenvalue weighted by Crippen LogP contribution is 2.18. The Bertz CT molecular complexity index is 1420. The van der Waals surface area contributed by atoms with Crippen molar-refractivity contribution >= 4 is 46.6 Å². The molecule has 2 aromatic carbocycles. The lowest BCUT2D eigenvalue weighted by atomic mass is 9.98. The van der Waals surface area contributed by atoms with Crippen LogP contribution in [0, 0.1) is 0 Å². The van der Waals surface area contributed by atoms with Gasteiger partial charge in [0, 0.05) is 11.4 Å². The van der Waals surface area contributed by atoms with Gasteiger partial charge in [-0.05, 0) is 116 Å². The molecule has 0 bridgehead atoms. The summed E-state index contributed by atoms with van der Waals surface area (Å²) < 4.78 is 0. The van der Waals surface area contributed by atoms with Crippen LogP contribution in [-0.4, -0.2) is 35.2 Å². The van der Waals surface area contributed by atoms with Crippen LogP contribution in [0.25, 0.3) is 0 Å². The average Bonchev–Trinajstić information content (AvgIpc) is 2.94. The number of amides is 2. The number of carbonyl (C=O) groups excluding carboxylic acids is 4. The summed E-state index contributed by atoms with van der Waals surface area (Å²) in [7, 11) is 0. The minimum absolute atomic E-state index is 0.0659. The summed E-state index contributed by atoms with van der Waals surface area (Å²) in [6.07, 6.45) is 5.35. The lowest BCUT2D eigenvalue weighted by Gasteiger charge is -2.09. The summed E-state index contributed by atoms with van der Waals surface area (Å²) in [5.41, 5.74) is 5.96. The second-order valence-electron chi connectivity index (χ2n) is 9.58. The van der Waals surface area contributed by atoms with Crippen molar-refractivity contribution < 1.29 is 28.9 Å². The SMILES string of the molecule is CC1=CC(=NOC(=O)Nc2ccc(Cc3ccc(NC(=O)ON=C4C=C(C)C(=O)C(C)=C4)cc3)cc2)C=C(C)C1=O. The first kappa shape index (κ1) is 28.6. The first-order valence-corrected chi connectivity index (χ1v) is 12.7. The lowest BCUT2D eigenvalue weighted by molar-refractivity contribution is -0.112. The fourth-order valence-electron chi connectivity index (χ4n) is 4.08. The van der Waals surface area contributed by atoms with Crippen molar-refractivity contribution in [3.63, 3.8) is 0 Å². The van der Waals surface area contributed by atoms with E-state index in [1.54, 1.807) is 76.3 Å². The highest BCUT2D eigenvalue weighted by atomic mass is 16.7. The largest absolute Gasteiger partial charge is 0.437 e. The van der Waals surface area contributed by atoms with Crippen LogP contribution in [0.3, 0.4) is 0 Å². The van der Waals surface area contributed by atoms with Crippen molar-refractivity contribution in [2.75, 3.05) is 10.6 Å². The molecule has 208 valence electrons. The van der Waals surface area contributed by atoms with Crippen LogP contribution in [0.1, 0.15) is 38.8 Å². The summed E-state index contributed by atoms with van der Waals surface area (Å²) in [4.78, 5) is 57.6. The predicted octanol–water partition coefficient (Wildman–Crippen LogP) is 6.04. The molecule has 10 heteroatoms. The zero-order chi connectivity index (χ0) is 29.5. The van der Waals surface area contributed by atoms with E-state index in [1.807, 2.05) is 24.3 Å². The fourth-order valence-corrected chi connectivity index (χ4v) is 4.08. The zero-order valence-electron chi connectivity index (χ0n) is 23.0. The molecule has 0 heterocycles. The summed E-state index contributed by atoms with van der Waals surface area (Å²) in [5.74, 6) is -0.132. The molecule has 4 rings (SSSR count). The molecule has 0 aliphatic heterocycles. The second kappa shape index (κ2) is 12.6. The second-order valence-corrected chi connectivity index (χ2v) is 9.58. The summed E-state index contributed by atoms with van der Waals surface area (Å²) in [6, 6.07) is 14.5. The van der Waals surface area contributed by atoms with Gasteiger partial charge in [0.15, 0.2) is 11.6 Å². The molecule has 0 fully saturated rings. The minimum atomic E-state index is -0.751. The number of hydrogen-bond acceptors (Lipinski definition) is 8. The van der Waals surface area contributed by atoms with Gasteiger partial charge < -0.3 is 0 Å². The van der Waals surface area contributed by atoms with Gasteiger partial charge >= 0.3 is 12.2 Å². The molecule has 0 spiro atoms. The number of nitrogens with zero attached hydrogens (tertiary/aromatic N) is 2. The molecule has 2 N–H and O–H groups in total. The van der Waals surface area contributed by atoms with Crippen LogP contribution in [-0.2, 0) is 25.7 Å². The van der Waals surface area contributed by atoms with Crippen molar-refractivity contribution in [2.24, 2.45) is 10.3 Å². The maximum atomic E-state index is 12.1. The quantitative estimate of drug-likeness (QED) is 0.255. The number of hydrogen-bond donors (Lipinski definition) is 2. The van der Waals surface area contributed by atoms with Crippen LogP contribution in [0.4, 0.5) is 21.0 Å². The number of rotatable bonds is 6. The standard InChI is InChI=1S/C31H28N4O6/c1-18-13-26(14-19(2)28(18)36)34-40-30(38)32-24-9-5-22(6-10-24)17-23-7-11-25(12-8-23)33-31(39)41-35-27-15-20(3)29(37)21(4)16-27/h5-16H,17H2,1-4H3,(H,32,38)(H,33,39). The Labute approximate surface area is 236 Å². The van der Waals surface area contributed by atoms with E-state index in [-0.39, 0.29) is 11.6 Å². The lowest BCUT2D eigenvalue weighted by Crippen LogP contribution is -2.14. The number of allylic oxidation sites excluding steroid dienone is 8. The summed E-state index contributed by atoms with van der Waals surface area (Å²) >= 11 is 0. The molecular formula is C31H28N4O6. The number of nitrogens with one attached hydrogen (secondary N) is 2. The number of benzene rings is 2. The Kier molecular flexibility index (Phi) is 8.83. The van der Waals surface area contributed by atoms with Gasteiger partial charge in [0.2, 0.25) is 0 Å². The van der Waals surface area contributed by atoms with Gasteiger partial charge in [0.05, 0.1) is 0 Å². The van der Waals surface area contributed by atoms with Crippen molar-refractivity contribution in [2.45, 2.75) is 34.1 Å². The Morgan fingerprint density at radius 1 is 0.585 bits per heavy atom. The Morgan fingerprint density at radius 2 is 0.902 bits per heavy atom. The van der Waals surface area contributed by atoms with Gasteiger partial charge in [-0.3, -0.25) is 29.9 Å².